The normalized spacial score (nSPS) is 13.2. The molecule has 0 spiro atoms. The average molecular weight is 491 g/mol. The molecule has 1 unspecified atom stereocenters. The SMILES string of the molecule is CCC(C)NS(=O)(=O)c1ccc(S(=O)(=O)N(Cc2ccccc2)Cc2ccccc2F)cc1. The molecule has 0 radical (unpaired) electrons. The van der Waals surface area contributed by atoms with Gasteiger partial charge in [-0.2, -0.15) is 4.31 Å². The zero-order valence-corrected chi connectivity index (χ0v) is 20.1. The van der Waals surface area contributed by atoms with E-state index in [0.717, 1.165) is 5.56 Å². The molecule has 0 aliphatic rings. The maximum atomic E-state index is 14.3. The molecule has 0 amide bonds. The van der Waals surface area contributed by atoms with Gasteiger partial charge in [-0.15, -0.1) is 0 Å². The summed E-state index contributed by atoms with van der Waals surface area (Å²) in [6.45, 7) is 3.48. The lowest BCUT2D eigenvalue weighted by Gasteiger charge is -2.23. The Kier molecular flexibility index (Phi) is 8.01. The van der Waals surface area contributed by atoms with Crippen LogP contribution in [0.25, 0.3) is 0 Å². The zero-order chi connectivity index (χ0) is 24.1. The van der Waals surface area contributed by atoms with E-state index in [1.54, 1.807) is 49.4 Å². The Hall–Kier alpha value is -2.59. The maximum absolute atomic E-state index is 14.3. The van der Waals surface area contributed by atoms with Crippen molar-refractivity contribution < 1.29 is 21.2 Å². The molecule has 1 atom stereocenters. The first-order chi connectivity index (χ1) is 15.6. The summed E-state index contributed by atoms with van der Waals surface area (Å²) in [5.41, 5.74) is 0.989. The van der Waals surface area contributed by atoms with Crippen molar-refractivity contribution in [3.63, 3.8) is 0 Å². The van der Waals surface area contributed by atoms with E-state index >= 15 is 0 Å². The molecule has 3 rings (SSSR count). The summed E-state index contributed by atoms with van der Waals surface area (Å²) in [5.74, 6) is -0.497. The summed E-state index contributed by atoms with van der Waals surface area (Å²) in [7, 11) is -7.82. The topological polar surface area (TPSA) is 83.5 Å². The van der Waals surface area contributed by atoms with Crippen LogP contribution in [-0.2, 0) is 33.1 Å². The largest absolute Gasteiger partial charge is 0.243 e. The van der Waals surface area contributed by atoms with Gasteiger partial charge in [-0.25, -0.2) is 25.9 Å². The van der Waals surface area contributed by atoms with Gasteiger partial charge >= 0.3 is 0 Å². The van der Waals surface area contributed by atoms with E-state index in [0.29, 0.717) is 6.42 Å². The Labute approximate surface area is 195 Å². The average Bonchev–Trinajstić information content (AvgIpc) is 2.80. The highest BCUT2D eigenvalue weighted by Crippen LogP contribution is 2.23. The predicted octanol–water partition coefficient (Wildman–Crippen LogP) is 4.29. The van der Waals surface area contributed by atoms with Crippen molar-refractivity contribution in [3.8, 4) is 0 Å². The molecule has 176 valence electrons. The smallest absolute Gasteiger partial charge is 0.208 e. The second-order valence-corrected chi connectivity index (χ2v) is 11.4. The van der Waals surface area contributed by atoms with Crippen molar-refractivity contribution in [1.82, 2.24) is 9.03 Å². The van der Waals surface area contributed by atoms with Gasteiger partial charge in [-0.1, -0.05) is 55.5 Å². The van der Waals surface area contributed by atoms with Crippen molar-refractivity contribution in [2.75, 3.05) is 0 Å². The van der Waals surface area contributed by atoms with Crippen LogP contribution in [0, 0.1) is 5.82 Å². The molecule has 0 aliphatic carbocycles. The van der Waals surface area contributed by atoms with Crippen LogP contribution in [0.4, 0.5) is 4.39 Å². The molecule has 6 nitrogen and oxygen atoms in total. The van der Waals surface area contributed by atoms with Gasteiger partial charge in [0.2, 0.25) is 20.0 Å². The number of rotatable bonds is 10. The summed E-state index contributed by atoms with van der Waals surface area (Å²) in [4.78, 5) is -0.0947. The summed E-state index contributed by atoms with van der Waals surface area (Å²) in [6.07, 6.45) is 0.621. The van der Waals surface area contributed by atoms with E-state index in [-0.39, 0.29) is 34.5 Å². The van der Waals surface area contributed by atoms with E-state index in [4.69, 9.17) is 0 Å². The summed E-state index contributed by atoms with van der Waals surface area (Å²) < 4.78 is 70.0. The molecule has 0 saturated heterocycles. The molecule has 3 aromatic carbocycles. The van der Waals surface area contributed by atoms with Gasteiger partial charge in [0, 0.05) is 24.7 Å². The minimum Gasteiger partial charge on any atom is -0.208 e. The van der Waals surface area contributed by atoms with E-state index in [9.17, 15) is 21.2 Å². The molecule has 3 aromatic rings. The lowest BCUT2D eigenvalue weighted by atomic mass is 10.2. The molecule has 1 N–H and O–H groups in total. The van der Waals surface area contributed by atoms with Crippen molar-refractivity contribution in [3.05, 3.63) is 95.8 Å². The standard InChI is InChI=1S/C24H27FN2O4S2/c1-3-19(2)26-32(28,29)22-13-15-23(16-14-22)33(30,31)27(17-20-9-5-4-6-10-20)18-21-11-7-8-12-24(21)25/h4-16,19,26H,3,17-18H2,1-2H3. The lowest BCUT2D eigenvalue weighted by molar-refractivity contribution is 0.394. The zero-order valence-electron chi connectivity index (χ0n) is 18.5. The number of nitrogens with zero attached hydrogens (tertiary/aromatic N) is 1. The second-order valence-electron chi connectivity index (χ2n) is 7.75. The van der Waals surface area contributed by atoms with E-state index in [1.165, 1.54) is 34.6 Å². The quantitative estimate of drug-likeness (QED) is 0.460. The molecule has 33 heavy (non-hydrogen) atoms. The fraction of sp³-hybridized carbons (Fsp3) is 0.250. The molecule has 0 fully saturated rings. The number of hydrogen-bond donors (Lipinski definition) is 1. The third-order valence-corrected chi connectivity index (χ3v) is 8.66. The van der Waals surface area contributed by atoms with Crippen LogP contribution in [0.1, 0.15) is 31.4 Å². The fourth-order valence-corrected chi connectivity index (χ4v) is 5.92. The molecule has 0 aromatic heterocycles. The van der Waals surface area contributed by atoms with Crippen LogP contribution in [0.15, 0.2) is 88.7 Å². The highest BCUT2D eigenvalue weighted by atomic mass is 32.2. The first-order valence-corrected chi connectivity index (χ1v) is 13.5. The minimum atomic E-state index is -4.05. The Morgan fingerprint density at radius 3 is 2.00 bits per heavy atom. The van der Waals surface area contributed by atoms with E-state index in [1.807, 2.05) is 13.0 Å². The molecule has 0 aliphatic heterocycles. The number of hydrogen-bond acceptors (Lipinski definition) is 4. The maximum Gasteiger partial charge on any atom is 0.243 e. The Balaban J connectivity index is 1.94. The van der Waals surface area contributed by atoms with Crippen LogP contribution in [0.3, 0.4) is 0 Å². The summed E-state index contributed by atoms with van der Waals surface area (Å²) >= 11 is 0. The molecule has 9 heteroatoms. The van der Waals surface area contributed by atoms with E-state index in [2.05, 4.69) is 4.72 Å². The first kappa shape index (κ1) is 25.0. The third kappa shape index (κ3) is 6.26. The van der Waals surface area contributed by atoms with Crippen LogP contribution < -0.4 is 4.72 Å². The fourth-order valence-electron chi connectivity index (χ4n) is 3.19. The third-order valence-electron chi connectivity index (χ3n) is 5.25. The van der Waals surface area contributed by atoms with Crippen LogP contribution >= 0.6 is 0 Å². The van der Waals surface area contributed by atoms with Crippen LogP contribution in [0.5, 0.6) is 0 Å². The Morgan fingerprint density at radius 2 is 1.39 bits per heavy atom. The van der Waals surface area contributed by atoms with Crippen molar-refractivity contribution in [2.45, 2.75) is 49.2 Å². The van der Waals surface area contributed by atoms with Gasteiger partial charge in [-0.05, 0) is 49.2 Å². The van der Waals surface area contributed by atoms with Crippen molar-refractivity contribution in [1.29, 1.82) is 0 Å². The van der Waals surface area contributed by atoms with Gasteiger partial charge in [0.1, 0.15) is 5.82 Å². The number of benzene rings is 3. The number of sulfonamides is 2. The highest BCUT2D eigenvalue weighted by molar-refractivity contribution is 7.89. The molecular formula is C24H27FN2O4S2. The molecule has 0 saturated carbocycles. The monoisotopic (exact) mass is 490 g/mol. The van der Waals surface area contributed by atoms with Gasteiger partial charge in [0.05, 0.1) is 9.79 Å². The van der Waals surface area contributed by atoms with Crippen molar-refractivity contribution in [2.24, 2.45) is 0 Å². The number of nitrogens with one attached hydrogen (secondary N) is 1. The summed E-state index contributed by atoms with van der Waals surface area (Å²) in [6, 6.07) is 19.8. The summed E-state index contributed by atoms with van der Waals surface area (Å²) in [5, 5.41) is 0. The van der Waals surface area contributed by atoms with Gasteiger partial charge in [-0.3, -0.25) is 0 Å². The second kappa shape index (κ2) is 10.6. The van der Waals surface area contributed by atoms with Gasteiger partial charge in [0.25, 0.3) is 0 Å². The lowest BCUT2D eigenvalue weighted by Crippen LogP contribution is -2.32. The highest BCUT2D eigenvalue weighted by Gasteiger charge is 2.27. The van der Waals surface area contributed by atoms with Crippen molar-refractivity contribution >= 4 is 20.0 Å². The molecule has 0 bridgehead atoms. The Bertz CT molecular complexity index is 1280. The van der Waals surface area contributed by atoms with Crippen LogP contribution in [-0.4, -0.2) is 27.2 Å². The molecular weight excluding hydrogens is 463 g/mol. The first-order valence-electron chi connectivity index (χ1n) is 10.5. The van der Waals surface area contributed by atoms with Gasteiger partial charge in [0.15, 0.2) is 0 Å². The van der Waals surface area contributed by atoms with Gasteiger partial charge < -0.3 is 0 Å². The van der Waals surface area contributed by atoms with Crippen LogP contribution in [0.2, 0.25) is 0 Å². The predicted molar refractivity (Wildman–Crippen MR) is 126 cm³/mol. The number of halogens is 1. The van der Waals surface area contributed by atoms with E-state index < -0.39 is 25.9 Å². The Morgan fingerprint density at radius 1 is 0.818 bits per heavy atom. The molecule has 0 heterocycles. The minimum absolute atomic E-state index is 0.0227.